The van der Waals surface area contributed by atoms with E-state index in [-0.39, 0.29) is 17.9 Å². The zero-order valence-corrected chi connectivity index (χ0v) is 24.5. The van der Waals surface area contributed by atoms with Gasteiger partial charge in [0.05, 0.1) is 39.5 Å². The van der Waals surface area contributed by atoms with E-state index in [9.17, 15) is 14.4 Å². The Bertz CT molecular complexity index is 1880. The van der Waals surface area contributed by atoms with Gasteiger partial charge in [-0.3, -0.25) is 18.5 Å². The highest BCUT2D eigenvalue weighted by Crippen LogP contribution is 2.33. The maximum atomic E-state index is 14.0. The molecule has 0 fully saturated rings. The predicted octanol–water partition coefficient (Wildman–Crippen LogP) is 3.89. The van der Waals surface area contributed by atoms with Crippen LogP contribution in [0.3, 0.4) is 0 Å². The molecule has 1 aliphatic rings. The molecule has 0 radical (unpaired) electrons. The summed E-state index contributed by atoms with van der Waals surface area (Å²) in [4.78, 5) is 45.2. The number of fused-ring (bicyclic) bond motifs is 2. The number of allylic oxidation sites excluding steroid dienone is 1. The van der Waals surface area contributed by atoms with Crippen LogP contribution in [-0.2, 0) is 23.6 Å². The lowest BCUT2D eigenvalue weighted by Gasteiger charge is -2.26. The second-order valence-corrected chi connectivity index (χ2v) is 11.4. The zero-order chi connectivity index (χ0) is 28.7. The summed E-state index contributed by atoms with van der Waals surface area (Å²) in [6.45, 7) is 8.31. The summed E-state index contributed by atoms with van der Waals surface area (Å²) < 4.78 is 10.8. The minimum absolute atomic E-state index is 0.107. The third kappa shape index (κ3) is 4.68. The molecule has 0 aliphatic carbocycles. The summed E-state index contributed by atoms with van der Waals surface area (Å²) >= 11 is 1.31. The Labute approximate surface area is 236 Å². The number of thiazole rings is 1. The Morgan fingerprint density at radius 3 is 2.40 bits per heavy atom. The number of aryl methyl sites for hydroxylation is 2. The van der Waals surface area contributed by atoms with Crippen LogP contribution in [0.5, 0.6) is 0 Å². The van der Waals surface area contributed by atoms with Gasteiger partial charge in [0.25, 0.3) is 5.56 Å². The Hall–Kier alpha value is -3.98. The highest BCUT2D eigenvalue weighted by Gasteiger charge is 2.34. The lowest BCUT2D eigenvalue weighted by atomic mass is 9.92. The van der Waals surface area contributed by atoms with Gasteiger partial charge in [-0.25, -0.2) is 14.6 Å². The quantitative estimate of drug-likeness (QED) is 0.322. The van der Waals surface area contributed by atoms with Crippen LogP contribution in [0, 0.1) is 0 Å². The first-order chi connectivity index (χ1) is 19.2. The summed E-state index contributed by atoms with van der Waals surface area (Å²) in [5, 5.41) is 0. The third-order valence-corrected chi connectivity index (χ3v) is 8.39. The topological polar surface area (TPSA) is 87.6 Å². The van der Waals surface area contributed by atoms with Crippen molar-refractivity contribution in [2.24, 2.45) is 19.1 Å². The Morgan fingerprint density at radius 1 is 1.05 bits per heavy atom. The number of nitrogens with zero attached hydrogens (tertiary/aromatic N) is 4. The molecular formula is C31H34N4O4S. The fraction of sp³-hybridized carbons (Fsp3) is 0.355. The summed E-state index contributed by atoms with van der Waals surface area (Å²) in [6, 6.07) is 13.1. The molecule has 0 unspecified atom stereocenters. The number of imidazole rings is 1. The first-order valence-electron chi connectivity index (χ1n) is 13.6. The van der Waals surface area contributed by atoms with Crippen molar-refractivity contribution >= 4 is 34.4 Å². The monoisotopic (exact) mass is 558 g/mol. The Morgan fingerprint density at radius 2 is 1.75 bits per heavy atom. The van der Waals surface area contributed by atoms with Crippen LogP contribution in [0.25, 0.3) is 17.1 Å². The molecule has 0 amide bonds. The largest absolute Gasteiger partial charge is 0.463 e. The van der Waals surface area contributed by atoms with Crippen LogP contribution in [0.15, 0.2) is 68.3 Å². The summed E-state index contributed by atoms with van der Waals surface area (Å²) in [5.41, 5.74) is 5.17. The van der Waals surface area contributed by atoms with Gasteiger partial charge in [0, 0.05) is 14.1 Å². The molecule has 0 spiro atoms. The fourth-order valence-electron chi connectivity index (χ4n) is 5.26. The third-order valence-electron chi connectivity index (χ3n) is 7.40. The zero-order valence-electron chi connectivity index (χ0n) is 23.7. The number of carbonyl (C=O) groups excluding carboxylic acids is 1. The van der Waals surface area contributed by atoms with Crippen LogP contribution in [-0.4, -0.2) is 26.3 Å². The van der Waals surface area contributed by atoms with E-state index >= 15 is 0 Å². The van der Waals surface area contributed by atoms with Gasteiger partial charge < -0.3 is 4.74 Å². The SMILES string of the molecule is CCCC1=C(C(=O)OCC)[C@H](c2ccc(C(C)C)cc2)n2c(s/c(=C/c3ccc4c(c3)n(C)c(=O)n4C)c2=O)=N1. The number of benzene rings is 2. The fourth-order valence-corrected chi connectivity index (χ4v) is 6.28. The molecule has 40 heavy (non-hydrogen) atoms. The average Bonchev–Trinajstić information content (AvgIpc) is 3.35. The van der Waals surface area contributed by atoms with E-state index in [0.29, 0.717) is 32.9 Å². The van der Waals surface area contributed by atoms with E-state index in [1.54, 1.807) is 34.7 Å². The van der Waals surface area contributed by atoms with Crippen molar-refractivity contribution in [3.63, 3.8) is 0 Å². The number of rotatable bonds is 7. The molecule has 1 atom stereocenters. The summed E-state index contributed by atoms with van der Waals surface area (Å²) in [6.07, 6.45) is 3.22. The predicted molar refractivity (Wildman–Crippen MR) is 158 cm³/mol. The molecule has 1 aliphatic heterocycles. The molecule has 5 rings (SSSR count). The van der Waals surface area contributed by atoms with E-state index in [1.165, 1.54) is 16.9 Å². The first-order valence-corrected chi connectivity index (χ1v) is 14.4. The second-order valence-electron chi connectivity index (χ2n) is 10.4. The summed E-state index contributed by atoms with van der Waals surface area (Å²) in [7, 11) is 3.48. The lowest BCUT2D eigenvalue weighted by molar-refractivity contribution is -0.139. The van der Waals surface area contributed by atoms with Crippen molar-refractivity contribution in [2.45, 2.75) is 52.5 Å². The summed E-state index contributed by atoms with van der Waals surface area (Å²) in [5.74, 6) is -0.0921. The number of aromatic nitrogens is 3. The van der Waals surface area contributed by atoms with Crippen molar-refractivity contribution in [1.29, 1.82) is 0 Å². The Kier molecular flexibility index (Phi) is 7.51. The number of hydrogen-bond acceptors (Lipinski definition) is 6. The smallest absolute Gasteiger partial charge is 0.338 e. The van der Waals surface area contributed by atoms with Crippen molar-refractivity contribution < 1.29 is 9.53 Å². The molecular weight excluding hydrogens is 524 g/mol. The van der Waals surface area contributed by atoms with Gasteiger partial charge in [-0.2, -0.15) is 0 Å². The minimum atomic E-state index is -0.641. The highest BCUT2D eigenvalue weighted by molar-refractivity contribution is 7.07. The van der Waals surface area contributed by atoms with Crippen molar-refractivity contribution in [3.8, 4) is 0 Å². The molecule has 3 heterocycles. The van der Waals surface area contributed by atoms with Crippen LogP contribution in [0.1, 0.15) is 69.2 Å². The molecule has 8 nitrogen and oxygen atoms in total. The van der Waals surface area contributed by atoms with Gasteiger partial charge in [0.1, 0.15) is 0 Å². The average molecular weight is 559 g/mol. The van der Waals surface area contributed by atoms with Crippen molar-refractivity contribution in [2.75, 3.05) is 6.61 Å². The molecule has 2 aromatic carbocycles. The van der Waals surface area contributed by atoms with Crippen LogP contribution in [0.4, 0.5) is 0 Å². The first kappa shape index (κ1) is 27.6. The number of hydrogen-bond donors (Lipinski definition) is 0. The number of ether oxygens (including phenoxy) is 1. The maximum Gasteiger partial charge on any atom is 0.338 e. The van der Waals surface area contributed by atoms with Crippen molar-refractivity contribution in [1.82, 2.24) is 13.7 Å². The molecule has 0 N–H and O–H groups in total. The molecule has 9 heteroatoms. The number of esters is 1. The van der Waals surface area contributed by atoms with Gasteiger partial charge in [0.2, 0.25) is 0 Å². The van der Waals surface area contributed by atoms with Crippen molar-refractivity contribution in [3.05, 3.63) is 101 Å². The van der Waals surface area contributed by atoms with Gasteiger partial charge in [-0.15, -0.1) is 0 Å². The Balaban J connectivity index is 1.74. The standard InChI is InChI=1S/C31H34N4O4S/c1-7-9-22-26(29(37)39-8-2)27(21-13-11-20(12-14-21)18(3)4)35-28(36)25(40-30(35)32-22)17-19-10-15-23-24(16-19)34(6)31(38)33(23)5/h10-18,27H,7-9H2,1-6H3/b25-17+/t27-/m0/s1. The van der Waals surface area contributed by atoms with Gasteiger partial charge >= 0.3 is 11.7 Å². The highest BCUT2D eigenvalue weighted by atomic mass is 32.1. The van der Waals surface area contributed by atoms with E-state index in [4.69, 9.17) is 9.73 Å². The molecule has 0 saturated heterocycles. The number of carbonyl (C=O) groups is 1. The van der Waals surface area contributed by atoms with Crippen LogP contribution >= 0.6 is 11.3 Å². The molecule has 4 aromatic rings. The van der Waals surface area contributed by atoms with Gasteiger partial charge in [-0.05, 0) is 54.2 Å². The molecule has 208 valence electrons. The van der Waals surface area contributed by atoms with E-state index in [0.717, 1.165) is 28.6 Å². The van der Waals surface area contributed by atoms with E-state index in [1.807, 2.05) is 43.3 Å². The lowest BCUT2D eigenvalue weighted by Crippen LogP contribution is -2.40. The van der Waals surface area contributed by atoms with E-state index < -0.39 is 12.0 Å². The van der Waals surface area contributed by atoms with Crippen LogP contribution in [0.2, 0.25) is 0 Å². The van der Waals surface area contributed by atoms with E-state index in [2.05, 4.69) is 26.0 Å². The second kappa shape index (κ2) is 10.9. The van der Waals surface area contributed by atoms with Gasteiger partial charge in [-0.1, -0.05) is 68.9 Å². The van der Waals surface area contributed by atoms with Gasteiger partial charge in [0.15, 0.2) is 4.80 Å². The normalized spacial score (nSPS) is 15.6. The molecule has 0 saturated carbocycles. The van der Waals surface area contributed by atoms with Crippen LogP contribution < -0.4 is 20.6 Å². The molecule has 0 bridgehead atoms. The maximum absolute atomic E-state index is 14.0. The minimum Gasteiger partial charge on any atom is -0.463 e. The molecule has 2 aromatic heterocycles.